The van der Waals surface area contributed by atoms with E-state index in [2.05, 4.69) is 19.7 Å². The fourth-order valence-electron chi connectivity index (χ4n) is 4.68. The second-order valence-corrected chi connectivity index (χ2v) is 9.66. The summed E-state index contributed by atoms with van der Waals surface area (Å²) in [4.78, 5) is 40.3. The lowest BCUT2D eigenvalue weighted by Gasteiger charge is -2.37. The third-order valence-corrected chi connectivity index (χ3v) is 6.81. The van der Waals surface area contributed by atoms with Gasteiger partial charge in [0.25, 0.3) is 0 Å². The molecule has 2 aliphatic rings. The predicted molar refractivity (Wildman–Crippen MR) is 130 cm³/mol. The van der Waals surface area contributed by atoms with Crippen LogP contribution < -0.4 is 5.01 Å². The van der Waals surface area contributed by atoms with Gasteiger partial charge in [-0.2, -0.15) is 23.4 Å². The van der Waals surface area contributed by atoms with Crippen molar-refractivity contribution in [3.05, 3.63) is 52.4 Å². The smallest absolute Gasteiger partial charge is 0.308 e. The van der Waals surface area contributed by atoms with E-state index in [-0.39, 0.29) is 27.4 Å². The van der Waals surface area contributed by atoms with Crippen molar-refractivity contribution in [3.63, 3.8) is 0 Å². The summed E-state index contributed by atoms with van der Waals surface area (Å²) in [5, 5.41) is 10.4. The maximum absolute atomic E-state index is 13.6. The van der Waals surface area contributed by atoms with Crippen LogP contribution in [0.4, 0.5) is 19.0 Å². The Morgan fingerprint density at radius 2 is 1.76 bits per heavy atom. The first-order chi connectivity index (χ1) is 18.2. The molecule has 2 aromatic rings. The molecule has 0 bridgehead atoms. The summed E-state index contributed by atoms with van der Waals surface area (Å²) < 4.78 is 39.8. The number of nitrogens with zero attached hydrogens (tertiary/aromatic N) is 6. The van der Waals surface area contributed by atoms with Gasteiger partial charge in [-0.25, -0.2) is 14.8 Å². The molecule has 0 unspecified atom stereocenters. The molecule has 0 atom stereocenters. The van der Waals surface area contributed by atoms with Crippen LogP contribution in [0.2, 0.25) is 5.02 Å². The SMILES string of the molecule is N#Cc1ncc(Cl)c(N(C2CCCC2)N(OC(=O)C(F)(F)F)C(=O)c2ccc(CN3CCCCC3)cc2)n1. The van der Waals surface area contributed by atoms with Crippen molar-refractivity contribution >= 4 is 29.3 Å². The maximum atomic E-state index is 13.6. The fourth-order valence-corrected chi connectivity index (χ4v) is 4.86. The molecule has 1 amide bonds. The van der Waals surface area contributed by atoms with Gasteiger partial charge >= 0.3 is 18.1 Å². The van der Waals surface area contributed by atoms with Gasteiger partial charge in [-0.3, -0.25) is 9.69 Å². The summed E-state index contributed by atoms with van der Waals surface area (Å²) in [5.41, 5.74) is 0.934. The minimum absolute atomic E-state index is 0.00366. The topological polar surface area (TPSA) is 103 Å². The molecule has 13 heteroatoms. The molecule has 2 heterocycles. The van der Waals surface area contributed by atoms with E-state index in [1.54, 1.807) is 18.2 Å². The Labute approximate surface area is 222 Å². The van der Waals surface area contributed by atoms with Crippen LogP contribution in [0.1, 0.15) is 66.7 Å². The molecule has 1 saturated heterocycles. The number of hydrogen-bond donors (Lipinski definition) is 0. The average Bonchev–Trinajstić information content (AvgIpc) is 3.44. The maximum Gasteiger partial charge on any atom is 0.493 e. The monoisotopic (exact) mass is 550 g/mol. The first kappa shape index (κ1) is 27.6. The van der Waals surface area contributed by atoms with Crippen LogP contribution >= 0.6 is 11.6 Å². The molecule has 1 aliphatic heterocycles. The number of aromatic nitrogens is 2. The number of amides is 1. The van der Waals surface area contributed by atoms with E-state index >= 15 is 0 Å². The van der Waals surface area contributed by atoms with Crippen molar-refractivity contribution in [3.8, 4) is 6.07 Å². The number of hydroxylamine groups is 1. The highest BCUT2D eigenvalue weighted by Gasteiger charge is 2.46. The van der Waals surface area contributed by atoms with Gasteiger partial charge in [-0.05, 0) is 56.5 Å². The van der Waals surface area contributed by atoms with E-state index in [4.69, 9.17) is 11.6 Å². The first-order valence-corrected chi connectivity index (χ1v) is 12.7. The number of hydrazine groups is 1. The third-order valence-electron chi connectivity index (χ3n) is 6.54. The molecule has 1 aliphatic carbocycles. The van der Waals surface area contributed by atoms with E-state index in [9.17, 15) is 28.0 Å². The van der Waals surface area contributed by atoms with Crippen LogP contribution in [0, 0.1) is 11.3 Å². The van der Waals surface area contributed by atoms with Crippen molar-refractivity contribution in [2.75, 3.05) is 18.1 Å². The van der Waals surface area contributed by atoms with Crippen LogP contribution in [-0.4, -0.2) is 57.2 Å². The number of rotatable bonds is 6. The Morgan fingerprint density at radius 3 is 2.37 bits per heavy atom. The highest BCUT2D eigenvalue weighted by atomic mass is 35.5. The zero-order valence-electron chi connectivity index (χ0n) is 20.5. The molecule has 0 N–H and O–H groups in total. The van der Waals surface area contributed by atoms with E-state index in [1.807, 2.05) is 0 Å². The summed E-state index contributed by atoms with van der Waals surface area (Å²) in [6.07, 6.45) is 1.53. The van der Waals surface area contributed by atoms with Crippen LogP contribution in [0.3, 0.4) is 0 Å². The van der Waals surface area contributed by atoms with Gasteiger partial charge in [-0.1, -0.05) is 48.2 Å². The highest BCUT2D eigenvalue weighted by Crippen LogP contribution is 2.34. The summed E-state index contributed by atoms with van der Waals surface area (Å²) >= 11 is 6.28. The Hall–Kier alpha value is -3.43. The molecule has 1 aromatic heterocycles. The summed E-state index contributed by atoms with van der Waals surface area (Å²) in [6.45, 7) is 2.63. The van der Waals surface area contributed by atoms with Gasteiger partial charge in [0.15, 0.2) is 5.82 Å². The lowest BCUT2D eigenvalue weighted by molar-refractivity contribution is -0.231. The van der Waals surface area contributed by atoms with E-state index in [0.717, 1.165) is 55.5 Å². The molecule has 38 heavy (non-hydrogen) atoms. The number of carbonyl (C=O) groups excluding carboxylic acids is 2. The number of piperidine rings is 1. The average molecular weight is 551 g/mol. The number of benzene rings is 1. The largest absolute Gasteiger partial charge is 0.493 e. The van der Waals surface area contributed by atoms with Gasteiger partial charge in [0.05, 0.1) is 12.2 Å². The number of halogens is 4. The lowest BCUT2D eigenvalue weighted by atomic mass is 10.1. The molecule has 0 radical (unpaired) electrons. The number of nitriles is 1. The second-order valence-electron chi connectivity index (χ2n) is 9.25. The molecule has 4 rings (SSSR count). The van der Waals surface area contributed by atoms with Crippen molar-refractivity contribution < 1.29 is 27.6 Å². The van der Waals surface area contributed by atoms with Gasteiger partial charge in [-0.15, -0.1) is 0 Å². The molecular weight excluding hydrogens is 525 g/mol. The molecule has 1 aromatic carbocycles. The van der Waals surface area contributed by atoms with E-state index < -0.39 is 24.1 Å². The van der Waals surface area contributed by atoms with Crippen molar-refractivity contribution in [1.29, 1.82) is 5.26 Å². The van der Waals surface area contributed by atoms with Gasteiger partial charge in [0, 0.05) is 12.1 Å². The zero-order valence-corrected chi connectivity index (χ0v) is 21.2. The Balaban J connectivity index is 1.70. The molecule has 0 spiro atoms. The molecular formula is C25H26ClF3N6O3. The van der Waals surface area contributed by atoms with Gasteiger partial charge in [0.2, 0.25) is 5.82 Å². The quantitative estimate of drug-likeness (QED) is 0.472. The number of anilines is 1. The molecule has 1 saturated carbocycles. The fraction of sp³-hybridized carbons (Fsp3) is 0.480. The van der Waals surface area contributed by atoms with E-state index in [0.29, 0.717) is 19.4 Å². The summed E-state index contributed by atoms with van der Waals surface area (Å²) in [7, 11) is 0. The van der Waals surface area contributed by atoms with Crippen LogP contribution in [0.25, 0.3) is 0 Å². The Kier molecular flexibility index (Phi) is 8.69. The van der Waals surface area contributed by atoms with Gasteiger partial charge < -0.3 is 4.84 Å². The number of carbonyl (C=O) groups is 2. The zero-order chi connectivity index (χ0) is 27.3. The van der Waals surface area contributed by atoms with Crippen molar-refractivity contribution in [2.45, 2.75) is 63.7 Å². The number of likely N-dealkylation sites (tertiary alicyclic amines) is 1. The standard InChI is InChI=1S/C25H26ClF3N6O3/c26-20-15-31-21(14-30)32-22(20)34(19-6-2-3-7-19)35(38-24(37)25(27,28)29)23(36)18-10-8-17(9-11-18)16-33-12-4-1-5-13-33/h8-11,15,19H,1-7,12-13,16H2. The minimum atomic E-state index is -5.37. The van der Waals surface area contributed by atoms with Crippen LogP contribution in [0.15, 0.2) is 30.5 Å². The number of hydrogen-bond acceptors (Lipinski definition) is 8. The summed E-state index contributed by atoms with van der Waals surface area (Å²) in [5.74, 6) is -4.13. The molecule has 2 fully saturated rings. The normalized spacial score (nSPS) is 16.6. The third kappa shape index (κ3) is 6.52. The van der Waals surface area contributed by atoms with Gasteiger partial charge in [0.1, 0.15) is 11.1 Å². The second kappa shape index (κ2) is 12.0. The molecule has 202 valence electrons. The Bertz CT molecular complexity index is 1190. The lowest BCUT2D eigenvalue weighted by Crippen LogP contribution is -2.54. The van der Waals surface area contributed by atoms with Crippen molar-refractivity contribution in [1.82, 2.24) is 20.0 Å². The van der Waals surface area contributed by atoms with Crippen LogP contribution in [0.5, 0.6) is 0 Å². The first-order valence-electron chi connectivity index (χ1n) is 12.3. The predicted octanol–water partition coefficient (Wildman–Crippen LogP) is 4.81. The molecule has 9 nitrogen and oxygen atoms in total. The highest BCUT2D eigenvalue weighted by molar-refractivity contribution is 6.32. The summed E-state index contributed by atoms with van der Waals surface area (Å²) in [6, 6.07) is 7.56. The van der Waals surface area contributed by atoms with Crippen molar-refractivity contribution in [2.24, 2.45) is 0 Å². The minimum Gasteiger partial charge on any atom is -0.308 e. The number of alkyl halides is 3. The van der Waals surface area contributed by atoms with E-state index in [1.165, 1.54) is 18.6 Å². The Morgan fingerprint density at radius 1 is 1.11 bits per heavy atom. The van der Waals surface area contributed by atoms with Crippen LogP contribution in [-0.2, 0) is 16.2 Å².